The van der Waals surface area contributed by atoms with Gasteiger partial charge in [-0.15, -0.1) is 0 Å². The Kier molecular flexibility index (Phi) is 5.30. The van der Waals surface area contributed by atoms with E-state index >= 15 is 0 Å². The lowest BCUT2D eigenvalue weighted by atomic mass is 9.98. The molecule has 2 saturated heterocycles. The van der Waals surface area contributed by atoms with Crippen LogP contribution >= 0.6 is 11.6 Å². The molecule has 0 unspecified atom stereocenters. The lowest BCUT2D eigenvalue weighted by Crippen LogP contribution is -2.38. The molecule has 3 aromatic rings. The maximum absolute atomic E-state index is 13.2. The molecular formula is C23H27ClN6O. The van der Waals surface area contributed by atoms with E-state index in [-0.39, 0.29) is 11.9 Å². The van der Waals surface area contributed by atoms with E-state index in [0.29, 0.717) is 23.0 Å². The number of halogens is 1. The average molecular weight is 439 g/mol. The van der Waals surface area contributed by atoms with Crippen molar-refractivity contribution in [1.82, 2.24) is 24.5 Å². The minimum Gasteiger partial charge on any atom is -0.356 e. The number of nitrogens with zero attached hydrogens (tertiary/aromatic N) is 6. The highest BCUT2D eigenvalue weighted by Gasteiger charge is 2.31. The monoisotopic (exact) mass is 438 g/mol. The summed E-state index contributed by atoms with van der Waals surface area (Å²) < 4.78 is 1.85. The van der Waals surface area contributed by atoms with Crippen molar-refractivity contribution in [2.75, 3.05) is 24.5 Å². The van der Waals surface area contributed by atoms with E-state index in [1.807, 2.05) is 15.5 Å². The van der Waals surface area contributed by atoms with Crippen molar-refractivity contribution >= 4 is 29.0 Å². The number of carbonyl (C=O) groups excluding carboxylic acids is 1. The van der Waals surface area contributed by atoms with Gasteiger partial charge in [-0.1, -0.05) is 18.5 Å². The van der Waals surface area contributed by atoms with Crippen molar-refractivity contribution in [3.63, 3.8) is 0 Å². The molecule has 8 heteroatoms. The van der Waals surface area contributed by atoms with Crippen LogP contribution in [0.5, 0.6) is 0 Å². The zero-order valence-corrected chi connectivity index (χ0v) is 18.7. The second kappa shape index (κ2) is 8.11. The molecule has 5 rings (SSSR count). The van der Waals surface area contributed by atoms with Crippen LogP contribution in [0.3, 0.4) is 0 Å². The molecular weight excluding hydrogens is 412 g/mol. The number of amides is 1. The number of anilines is 1. The molecule has 3 aromatic heterocycles. The van der Waals surface area contributed by atoms with Gasteiger partial charge in [0, 0.05) is 49.9 Å². The number of aryl methyl sites for hydroxylation is 1. The SMILES string of the molecule is Cc1cn2nc([C@@H]3CCCCN3C(=O)c3cncc(Cl)c3)cc2nc1N1CC[C@H](C)C1. The van der Waals surface area contributed by atoms with Crippen LogP contribution in [0, 0.1) is 12.8 Å². The van der Waals surface area contributed by atoms with Crippen molar-refractivity contribution in [1.29, 1.82) is 0 Å². The summed E-state index contributed by atoms with van der Waals surface area (Å²) in [5.74, 6) is 1.69. The third kappa shape index (κ3) is 3.87. The first-order valence-corrected chi connectivity index (χ1v) is 11.4. The topological polar surface area (TPSA) is 66.6 Å². The number of piperidine rings is 1. The molecule has 7 nitrogen and oxygen atoms in total. The molecule has 2 aliphatic rings. The minimum absolute atomic E-state index is 0.0485. The Hall–Kier alpha value is -2.67. The number of hydrogen-bond donors (Lipinski definition) is 0. The number of pyridine rings is 1. The van der Waals surface area contributed by atoms with Crippen LogP contribution in [0.1, 0.15) is 60.3 Å². The van der Waals surface area contributed by atoms with Crippen LogP contribution in [0.4, 0.5) is 5.82 Å². The number of fused-ring (bicyclic) bond motifs is 1. The van der Waals surface area contributed by atoms with Crippen LogP contribution in [-0.2, 0) is 0 Å². The molecule has 0 N–H and O–H groups in total. The third-order valence-corrected chi connectivity index (χ3v) is 6.61. The number of likely N-dealkylation sites (tertiary alicyclic amines) is 1. The first-order valence-electron chi connectivity index (χ1n) is 11.0. The zero-order valence-electron chi connectivity index (χ0n) is 18.0. The predicted octanol–water partition coefficient (Wildman–Crippen LogP) is 4.30. The fourth-order valence-corrected chi connectivity index (χ4v) is 4.98. The quantitative estimate of drug-likeness (QED) is 0.609. The Morgan fingerprint density at radius 2 is 2.03 bits per heavy atom. The second-order valence-electron chi connectivity index (χ2n) is 8.86. The summed E-state index contributed by atoms with van der Waals surface area (Å²) in [7, 11) is 0. The molecule has 0 aliphatic carbocycles. The molecule has 162 valence electrons. The summed E-state index contributed by atoms with van der Waals surface area (Å²) in [6.45, 7) is 7.17. The molecule has 2 fully saturated rings. The Bertz CT molecular complexity index is 1130. The van der Waals surface area contributed by atoms with Crippen LogP contribution < -0.4 is 4.90 Å². The Morgan fingerprint density at radius 1 is 1.16 bits per heavy atom. The van der Waals surface area contributed by atoms with Crippen molar-refractivity contribution < 1.29 is 4.79 Å². The number of aromatic nitrogens is 4. The van der Waals surface area contributed by atoms with E-state index in [0.717, 1.165) is 55.1 Å². The summed E-state index contributed by atoms with van der Waals surface area (Å²) in [5, 5.41) is 5.29. The maximum atomic E-state index is 13.2. The summed E-state index contributed by atoms with van der Waals surface area (Å²) >= 11 is 6.07. The van der Waals surface area contributed by atoms with E-state index in [4.69, 9.17) is 21.7 Å². The van der Waals surface area contributed by atoms with E-state index in [1.54, 1.807) is 18.5 Å². The number of hydrogen-bond acceptors (Lipinski definition) is 5. The lowest BCUT2D eigenvalue weighted by molar-refractivity contribution is 0.0605. The average Bonchev–Trinajstić information content (AvgIpc) is 3.38. The van der Waals surface area contributed by atoms with Crippen LogP contribution in [0.15, 0.2) is 30.7 Å². The first kappa shape index (κ1) is 20.2. The van der Waals surface area contributed by atoms with Gasteiger partial charge in [0.25, 0.3) is 5.91 Å². The van der Waals surface area contributed by atoms with Crippen molar-refractivity contribution in [2.24, 2.45) is 5.92 Å². The number of carbonyl (C=O) groups is 1. The lowest BCUT2D eigenvalue weighted by Gasteiger charge is -2.34. The molecule has 0 bridgehead atoms. The predicted molar refractivity (Wildman–Crippen MR) is 121 cm³/mol. The Morgan fingerprint density at radius 3 is 2.81 bits per heavy atom. The van der Waals surface area contributed by atoms with Gasteiger partial charge in [-0.3, -0.25) is 9.78 Å². The highest BCUT2D eigenvalue weighted by molar-refractivity contribution is 6.30. The number of rotatable bonds is 3. The van der Waals surface area contributed by atoms with Crippen molar-refractivity contribution in [3.05, 3.63) is 52.6 Å². The van der Waals surface area contributed by atoms with E-state index < -0.39 is 0 Å². The smallest absolute Gasteiger partial charge is 0.256 e. The molecule has 5 heterocycles. The van der Waals surface area contributed by atoms with E-state index in [2.05, 4.69) is 29.9 Å². The summed E-state index contributed by atoms with van der Waals surface area (Å²) in [6, 6.07) is 3.65. The summed E-state index contributed by atoms with van der Waals surface area (Å²) in [5.41, 5.74) is 3.36. The molecule has 2 aliphatic heterocycles. The largest absolute Gasteiger partial charge is 0.356 e. The summed E-state index contributed by atoms with van der Waals surface area (Å²) in [6.07, 6.45) is 9.32. The van der Waals surface area contributed by atoms with Gasteiger partial charge in [-0.25, -0.2) is 9.50 Å². The molecule has 2 atom stereocenters. The highest BCUT2D eigenvalue weighted by atomic mass is 35.5. The van der Waals surface area contributed by atoms with Gasteiger partial charge in [-0.2, -0.15) is 5.10 Å². The minimum atomic E-state index is -0.0718. The summed E-state index contributed by atoms with van der Waals surface area (Å²) in [4.78, 5) is 26.5. The third-order valence-electron chi connectivity index (χ3n) is 6.40. The van der Waals surface area contributed by atoms with Gasteiger partial charge in [0.05, 0.1) is 22.3 Å². The molecule has 0 aromatic carbocycles. The molecule has 0 spiro atoms. The molecule has 0 saturated carbocycles. The van der Waals surface area contributed by atoms with E-state index in [9.17, 15) is 4.79 Å². The van der Waals surface area contributed by atoms with Crippen LogP contribution in [0.2, 0.25) is 5.02 Å². The van der Waals surface area contributed by atoms with Crippen LogP contribution in [0.25, 0.3) is 5.65 Å². The van der Waals surface area contributed by atoms with Gasteiger partial charge in [0.15, 0.2) is 5.65 Å². The standard InChI is InChI=1S/C23H27ClN6O/c1-15-6-8-28(13-15)22-16(2)14-30-21(26-22)10-19(27-30)20-5-3-4-7-29(20)23(31)17-9-18(24)12-25-11-17/h9-12,14-15,20H,3-8,13H2,1-2H3/t15-,20-/m0/s1. The second-order valence-corrected chi connectivity index (χ2v) is 9.30. The molecule has 31 heavy (non-hydrogen) atoms. The van der Waals surface area contributed by atoms with Gasteiger partial charge >= 0.3 is 0 Å². The maximum Gasteiger partial charge on any atom is 0.256 e. The van der Waals surface area contributed by atoms with Crippen LogP contribution in [-0.4, -0.2) is 50.0 Å². The van der Waals surface area contributed by atoms with Gasteiger partial charge in [-0.05, 0) is 44.6 Å². The Labute approximate surface area is 187 Å². The highest BCUT2D eigenvalue weighted by Crippen LogP contribution is 2.33. The fourth-order valence-electron chi connectivity index (χ4n) is 4.81. The Balaban J connectivity index is 1.47. The zero-order chi connectivity index (χ0) is 21.5. The van der Waals surface area contributed by atoms with Gasteiger partial charge in [0.2, 0.25) is 0 Å². The van der Waals surface area contributed by atoms with Gasteiger partial charge in [0.1, 0.15) is 5.82 Å². The van der Waals surface area contributed by atoms with Crippen molar-refractivity contribution in [3.8, 4) is 0 Å². The van der Waals surface area contributed by atoms with Gasteiger partial charge < -0.3 is 9.80 Å². The normalized spacial score (nSPS) is 21.8. The van der Waals surface area contributed by atoms with E-state index in [1.165, 1.54) is 6.42 Å². The molecule has 0 radical (unpaired) electrons. The fraction of sp³-hybridized carbons (Fsp3) is 0.478. The first-order chi connectivity index (χ1) is 15.0. The molecule has 1 amide bonds. The van der Waals surface area contributed by atoms with Crippen molar-refractivity contribution in [2.45, 2.75) is 45.6 Å².